The lowest BCUT2D eigenvalue weighted by molar-refractivity contribution is -0.151. The van der Waals surface area contributed by atoms with Crippen molar-refractivity contribution in [1.82, 2.24) is 15.5 Å². The minimum atomic E-state index is -0.708. The number of primary amides is 1. The Morgan fingerprint density at radius 3 is 1.90 bits per heavy atom. The number of carbonyl (C=O) groups excluding carboxylic acids is 4. The average molecular weight is 675 g/mol. The Balaban J connectivity index is 0.000000646. The molecule has 0 saturated carbocycles. The van der Waals surface area contributed by atoms with Crippen molar-refractivity contribution in [3.63, 3.8) is 0 Å². The van der Waals surface area contributed by atoms with E-state index >= 15 is 0 Å². The summed E-state index contributed by atoms with van der Waals surface area (Å²) in [7, 11) is 0. The van der Waals surface area contributed by atoms with Gasteiger partial charge in [0.25, 0.3) is 0 Å². The summed E-state index contributed by atoms with van der Waals surface area (Å²) in [6.07, 6.45) is 2.92. The van der Waals surface area contributed by atoms with Crippen LogP contribution in [-0.2, 0) is 48.1 Å². The number of nitrogens with two attached hydrogens (primary N) is 1. The van der Waals surface area contributed by atoms with Crippen molar-refractivity contribution >= 4 is 24.7 Å². The molecule has 1 heterocycles. The number of hydrogen-bond donors (Lipinski definition) is 3. The number of aryl methyl sites for hydroxylation is 1. The van der Waals surface area contributed by atoms with E-state index in [2.05, 4.69) is 42.0 Å². The fourth-order valence-electron chi connectivity index (χ4n) is 5.45. The van der Waals surface area contributed by atoms with Gasteiger partial charge in [0.05, 0.1) is 19.1 Å². The third-order valence-corrected chi connectivity index (χ3v) is 8.06. The third kappa shape index (κ3) is 16.9. The van der Waals surface area contributed by atoms with E-state index in [-0.39, 0.29) is 30.8 Å². The van der Waals surface area contributed by atoms with Crippen LogP contribution in [0.3, 0.4) is 0 Å². The first-order valence-electron chi connectivity index (χ1n) is 17.0. The number of rotatable bonds is 16. The number of ether oxygens (including phenoxy) is 2. The van der Waals surface area contributed by atoms with Gasteiger partial charge >= 0.3 is 5.97 Å². The molecule has 10 nitrogen and oxygen atoms in total. The lowest BCUT2D eigenvalue weighted by Crippen LogP contribution is -2.52. The van der Waals surface area contributed by atoms with E-state index in [0.717, 1.165) is 43.0 Å². The van der Waals surface area contributed by atoms with Crippen LogP contribution in [0.15, 0.2) is 91.0 Å². The number of likely N-dealkylation sites (N-methyl/N-ethyl adjacent to an activating group) is 1. The van der Waals surface area contributed by atoms with E-state index in [1.54, 1.807) is 0 Å². The lowest BCUT2D eigenvalue weighted by atomic mass is 9.86. The van der Waals surface area contributed by atoms with Gasteiger partial charge in [-0.2, -0.15) is 0 Å². The van der Waals surface area contributed by atoms with Crippen LogP contribution in [0.1, 0.15) is 50.3 Å². The van der Waals surface area contributed by atoms with Gasteiger partial charge in [0, 0.05) is 19.1 Å². The van der Waals surface area contributed by atoms with Crippen molar-refractivity contribution in [1.29, 1.82) is 0 Å². The number of benzene rings is 3. The van der Waals surface area contributed by atoms with Gasteiger partial charge in [-0.25, -0.2) is 0 Å². The zero-order valence-corrected chi connectivity index (χ0v) is 29.2. The van der Waals surface area contributed by atoms with E-state index in [0.29, 0.717) is 32.1 Å². The van der Waals surface area contributed by atoms with Crippen LogP contribution >= 0.6 is 0 Å². The number of hydrogen-bond acceptors (Lipinski definition) is 7. The van der Waals surface area contributed by atoms with E-state index in [9.17, 15) is 14.4 Å². The van der Waals surface area contributed by atoms with Crippen LogP contribution in [-0.4, -0.2) is 74.5 Å². The molecule has 0 aromatic heterocycles. The van der Waals surface area contributed by atoms with Crippen LogP contribution in [0.5, 0.6) is 0 Å². The summed E-state index contributed by atoms with van der Waals surface area (Å²) in [6, 6.07) is 28.0. The summed E-state index contributed by atoms with van der Waals surface area (Å²) in [5.74, 6) is -1.01. The Labute approximate surface area is 291 Å². The van der Waals surface area contributed by atoms with Gasteiger partial charge in [-0.3, -0.25) is 24.1 Å². The number of morpholine rings is 1. The molecule has 0 spiro atoms. The van der Waals surface area contributed by atoms with Crippen molar-refractivity contribution < 1.29 is 28.7 Å². The highest BCUT2D eigenvalue weighted by atomic mass is 16.5. The molecule has 10 heteroatoms. The topological polar surface area (TPSA) is 140 Å². The Bertz CT molecular complexity index is 1320. The maximum atomic E-state index is 13.5. The molecule has 266 valence electrons. The van der Waals surface area contributed by atoms with Gasteiger partial charge in [0.15, 0.2) is 0 Å². The molecule has 2 unspecified atom stereocenters. The number of nitrogens with zero attached hydrogens (tertiary/aromatic N) is 1. The van der Waals surface area contributed by atoms with Crippen molar-refractivity contribution in [3.05, 3.63) is 108 Å². The van der Waals surface area contributed by atoms with Crippen LogP contribution in [0, 0.1) is 11.8 Å². The van der Waals surface area contributed by atoms with Crippen LogP contribution < -0.4 is 16.4 Å². The molecule has 1 aliphatic rings. The van der Waals surface area contributed by atoms with E-state index in [1.807, 2.05) is 91.0 Å². The van der Waals surface area contributed by atoms with Crippen molar-refractivity contribution in [3.8, 4) is 0 Å². The Morgan fingerprint density at radius 1 is 0.878 bits per heavy atom. The minimum Gasteiger partial charge on any atom is -0.461 e. The molecule has 1 aliphatic heterocycles. The number of esters is 1. The highest BCUT2D eigenvalue weighted by Gasteiger charge is 2.33. The Kier molecular flexibility index (Phi) is 20.4. The summed E-state index contributed by atoms with van der Waals surface area (Å²) in [5.41, 5.74) is 7.15. The largest absolute Gasteiger partial charge is 0.461 e. The molecular formula is C39H54N4O6. The number of carbonyl (C=O) groups is 4. The zero-order valence-electron chi connectivity index (χ0n) is 29.2. The molecule has 1 fully saturated rings. The van der Waals surface area contributed by atoms with Crippen molar-refractivity contribution in [2.45, 2.75) is 65.1 Å². The molecule has 4 rings (SSSR count). The molecule has 1 saturated heterocycles. The van der Waals surface area contributed by atoms with Crippen LogP contribution in [0.2, 0.25) is 0 Å². The van der Waals surface area contributed by atoms with Crippen LogP contribution in [0.25, 0.3) is 0 Å². The molecule has 0 radical (unpaired) electrons. The Morgan fingerprint density at radius 2 is 1.41 bits per heavy atom. The normalized spacial score (nSPS) is 14.4. The van der Waals surface area contributed by atoms with Gasteiger partial charge < -0.3 is 25.8 Å². The van der Waals surface area contributed by atoms with Gasteiger partial charge in [0.1, 0.15) is 12.6 Å². The second-order valence-electron chi connectivity index (χ2n) is 12.2. The molecule has 0 bridgehead atoms. The zero-order chi connectivity index (χ0) is 35.7. The molecule has 3 aromatic rings. The van der Waals surface area contributed by atoms with Gasteiger partial charge in [-0.15, -0.1) is 0 Å². The first kappa shape index (κ1) is 40.6. The van der Waals surface area contributed by atoms with Crippen LogP contribution in [0.4, 0.5) is 0 Å². The van der Waals surface area contributed by atoms with E-state index in [4.69, 9.17) is 14.3 Å². The minimum absolute atomic E-state index is 0.166. The molecule has 3 aromatic carbocycles. The van der Waals surface area contributed by atoms with E-state index in [1.165, 1.54) is 6.54 Å². The second kappa shape index (κ2) is 24.6. The first-order chi connectivity index (χ1) is 23.8. The molecule has 3 atom stereocenters. The monoisotopic (exact) mass is 674 g/mol. The lowest BCUT2D eigenvalue weighted by Gasteiger charge is -2.30. The summed E-state index contributed by atoms with van der Waals surface area (Å²) >= 11 is 0. The summed E-state index contributed by atoms with van der Waals surface area (Å²) in [5, 5.41) is 5.77. The molecule has 4 N–H and O–H groups in total. The van der Waals surface area contributed by atoms with Gasteiger partial charge in [-0.1, -0.05) is 112 Å². The molecule has 49 heavy (non-hydrogen) atoms. The summed E-state index contributed by atoms with van der Waals surface area (Å²) in [4.78, 5) is 49.2. The predicted molar refractivity (Wildman–Crippen MR) is 192 cm³/mol. The first-order valence-corrected chi connectivity index (χ1v) is 17.0. The van der Waals surface area contributed by atoms with Crippen molar-refractivity contribution in [2.75, 3.05) is 32.8 Å². The maximum absolute atomic E-state index is 13.5. The third-order valence-electron chi connectivity index (χ3n) is 8.06. The quantitative estimate of drug-likeness (QED) is 0.152. The second-order valence-corrected chi connectivity index (χ2v) is 12.2. The van der Waals surface area contributed by atoms with E-state index < -0.39 is 18.0 Å². The Hall–Kier alpha value is -4.54. The fourth-order valence-corrected chi connectivity index (χ4v) is 5.45. The van der Waals surface area contributed by atoms with Gasteiger partial charge in [0.2, 0.25) is 18.7 Å². The van der Waals surface area contributed by atoms with Crippen molar-refractivity contribution in [2.24, 2.45) is 17.6 Å². The smallest absolute Gasteiger partial charge is 0.311 e. The predicted octanol–water partition coefficient (Wildman–Crippen LogP) is 4.31. The fraction of sp³-hybridized carbons (Fsp3) is 0.436. The average Bonchev–Trinajstić information content (AvgIpc) is 3.13. The molecule has 3 amide bonds. The van der Waals surface area contributed by atoms with Gasteiger partial charge in [-0.05, 0) is 54.8 Å². The number of nitrogens with one attached hydrogen (secondary N) is 2. The SMILES string of the molecule is CC(C)CC(NC(=O)C(CCc1ccccc1)NC=O)[C@@H](Cc1ccccc1)C(=O)OCc1ccccc1.CCN1CCOCC1.NC=O. The molecule has 0 aliphatic carbocycles. The maximum Gasteiger partial charge on any atom is 0.311 e. The number of amides is 3. The summed E-state index contributed by atoms with van der Waals surface area (Å²) in [6.45, 7) is 11.7. The summed E-state index contributed by atoms with van der Waals surface area (Å²) < 4.78 is 10.9. The molecular weight excluding hydrogens is 620 g/mol. The highest BCUT2D eigenvalue weighted by molar-refractivity contribution is 5.84. The highest BCUT2D eigenvalue weighted by Crippen LogP contribution is 2.22. The standard InChI is InChI=1S/C32H38N2O4.C6H13NO.CH3NO/c1-24(2)20-30(34-31(36)29(33-23-35)19-18-25-12-6-3-7-13-25)28(21-26-14-8-4-9-15-26)32(37)38-22-27-16-10-5-11-17-27;1-2-7-3-5-8-6-4-7;2-1-3/h3-17,23-24,28-30H,18-22H2,1-2H3,(H,33,35)(H,34,36);2-6H2,1H3;1H,(H2,2,3)/t28-,29?,30?;;/m1../s1.